The highest BCUT2D eigenvalue weighted by atomic mass is 79.9. The van der Waals surface area contributed by atoms with Gasteiger partial charge in [0, 0.05) is 10.0 Å². The van der Waals surface area contributed by atoms with E-state index in [1.807, 2.05) is 38.1 Å². The minimum Gasteiger partial charge on any atom is -0.496 e. The van der Waals surface area contributed by atoms with Gasteiger partial charge in [-0.1, -0.05) is 6.07 Å². The summed E-state index contributed by atoms with van der Waals surface area (Å²) in [7, 11) is 1.62. The number of carbonyl (C=O) groups excluding carboxylic acids is 1. The predicted molar refractivity (Wildman–Crippen MR) is 84.6 cm³/mol. The summed E-state index contributed by atoms with van der Waals surface area (Å²) in [6.45, 7) is 3.92. The molecule has 104 valence electrons. The van der Waals surface area contributed by atoms with Gasteiger partial charge in [-0.25, -0.2) is 0 Å². The van der Waals surface area contributed by atoms with E-state index >= 15 is 0 Å². The van der Waals surface area contributed by atoms with Gasteiger partial charge in [-0.2, -0.15) is 0 Å². The zero-order valence-corrected chi connectivity index (χ0v) is 13.2. The van der Waals surface area contributed by atoms with Crippen LogP contribution in [-0.2, 0) is 0 Å². The zero-order chi connectivity index (χ0) is 14.7. The maximum absolute atomic E-state index is 12.2. The molecule has 0 saturated heterocycles. The average molecular weight is 334 g/mol. The van der Waals surface area contributed by atoms with Gasteiger partial charge in [0.2, 0.25) is 0 Å². The molecule has 0 fully saturated rings. The maximum atomic E-state index is 12.2. The van der Waals surface area contributed by atoms with E-state index < -0.39 is 0 Å². The Balaban J connectivity index is 2.21. The van der Waals surface area contributed by atoms with Gasteiger partial charge in [-0.05, 0) is 71.2 Å². The highest BCUT2D eigenvalue weighted by molar-refractivity contribution is 9.10. The molecular weight excluding hydrogens is 318 g/mol. The molecule has 0 bridgehead atoms. The van der Waals surface area contributed by atoms with E-state index in [-0.39, 0.29) is 5.91 Å². The van der Waals surface area contributed by atoms with E-state index in [1.165, 1.54) is 0 Å². The fourth-order valence-electron chi connectivity index (χ4n) is 1.94. The van der Waals surface area contributed by atoms with Crippen molar-refractivity contribution in [2.24, 2.45) is 0 Å². The second kappa shape index (κ2) is 6.09. The van der Waals surface area contributed by atoms with Gasteiger partial charge < -0.3 is 10.1 Å². The summed E-state index contributed by atoms with van der Waals surface area (Å²) in [6.07, 6.45) is 0. The minimum absolute atomic E-state index is 0.139. The third-order valence-electron chi connectivity index (χ3n) is 3.03. The summed E-state index contributed by atoms with van der Waals surface area (Å²) in [5, 5.41) is 2.89. The van der Waals surface area contributed by atoms with Crippen LogP contribution in [0.4, 0.5) is 5.69 Å². The van der Waals surface area contributed by atoms with Crippen molar-refractivity contribution in [1.29, 1.82) is 0 Å². The van der Waals surface area contributed by atoms with Crippen LogP contribution in [0.1, 0.15) is 21.5 Å². The molecule has 2 aromatic rings. The number of anilines is 1. The Bertz CT molecular complexity index is 653. The predicted octanol–water partition coefficient (Wildman–Crippen LogP) is 4.33. The van der Waals surface area contributed by atoms with Crippen molar-refractivity contribution in [3.8, 4) is 5.75 Å². The summed E-state index contributed by atoms with van der Waals surface area (Å²) in [4.78, 5) is 12.2. The van der Waals surface area contributed by atoms with Crippen molar-refractivity contribution >= 4 is 27.5 Å². The fourth-order valence-corrected chi connectivity index (χ4v) is 2.53. The molecule has 0 aromatic heterocycles. The maximum Gasteiger partial charge on any atom is 0.255 e. The molecule has 2 aromatic carbocycles. The van der Waals surface area contributed by atoms with Gasteiger partial charge in [-0.3, -0.25) is 4.79 Å². The number of rotatable bonds is 3. The molecule has 3 nitrogen and oxygen atoms in total. The van der Waals surface area contributed by atoms with E-state index in [0.717, 1.165) is 27.0 Å². The first-order chi connectivity index (χ1) is 9.51. The van der Waals surface area contributed by atoms with Crippen molar-refractivity contribution in [2.45, 2.75) is 13.8 Å². The van der Waals surface area contributed by atoms with Crippen molar-refractivity contribution in [1.82, 2.24) is 0 Å². The van der Waals surface area contributed by atoms with Crippen molar-refractivity contribution < 1.29 is 9.53 Å². The number of hydrogen-bond acceptors (Lipinski definition) is 2. The molecule has 2 rings (SSSR count). The molecule has 20 heavy (non-hydrogen) atoms. The average Bonchev–Trinajstić information content (AvgIpc) is 2.41. The van der Waals surface area contributed by atoms with Crippen LogP contribution in [0.3, 0.4) is 0 Å². The molecule has 0 atom stereocenters. The lowest BCUT2D eigenvalue weighted by Gasteiger charge is -2.10. The van der Waals surface area contributed by atoms with Crippen LogP contribution in [-0.4, -0.2) is 13.0 Å². The van der Waals surface area contributed by atoms with E-state index in [0.29, 0.717) is 5.56 Å². The van der Waals surface area contributed by atoms with Crippen LogP contribution >= 0.6 is 15.9 Å². The first kappa shape index (κ1) is 14.6. The lowest BCUT2D eigenvalue weighted by Crippen LogP contribution is -2.12. The second-order valence-corrected chi connectivity index (χ2v) is 5.48. The highest BCUT2D eigenvalue weighted by Crippen LogP contribution is 2.25. The molecule has 0 radical (unpaired) electrons. The van der Waals surface area contributed by atoms with E-state index in [4.69, 9.17) is 4.74 Å². The quantitative estimate of drug-likeness (QED) is 0.907. The van der Waals surface area contributed by atoms with Gasteiger partial charge in [0.1, 0.15) is 5.75 Å². The van der Waals surface area contributed by atoms with Crippen molar-refractivity contribution in [2.75, 3.05) is 12.4 Å². The lowest BCUT2D eigenvalue weighted by atomic mass is 10.1. The molecule has 0 aliphatic carbocycles. The molecule has 0 heterocycles. The smallest absolute Gasteiger partial charge is 0.255 e. The lowest BCUT2D eigenvalue weighted by molar-refractivity contribution is 0.102. The van der Waals surface area contributed by atoms with Gasteiger partial charge in [0.05, 0.1) is 12.8 Å². The molecule has 0 aliphatic heterocycles. The van der Waals surface area contributed by atoms with Gasteiger partial charge in [0.15, 0.2) is 0 Å². The van der Waals surface area contributed by atoms with Crippen LogP contribution in [0.25, 0.3) is 0 Å². The van der Waals surface area contributed by atoms with E-state index in [2.05, 4.69) is 21.2 Å². The monoisotopic (exact) mass is 333 g/mol. The molecule has 0 spiro atoms. The Labute approximate surface area is 127 Å². The number of amides is 1. The number of benzene rings is 2. The number of ether oxygens (including phenoxy) is 1. The van der Waals surface area contributed by atoms with Crippen LogP contribution in [0.15, 0.2) is 40.9 Å². The fraction of sp³-hybridized carbons (Fsp3) is 0.188. The number of hydrogen-bond donors (Lipinski definition) is 1. The first-order valence-corrected chi connectivity index (χ1v) is 7.02. The molecule has 0 saturated carbocycles. The number of halogens is 1. The van der Waals surface area contributed by atoms with Gasteiger partial charge in [-0.15, -0.1) is 0 Å². The Morgan fingerprint density at radius 3 is 2.50 bits per heavy atom. The molecule has 1 amide bonds. The molecule has 0 aliphatic rings. The molecule has 1 N–H and O–H groups in total. The van der Waals surface area contributed by atoms with Crippen LogP contribution in [0.2, 0.25) is 0 Å². The van der Waals surface area contributed by atoms with Crippen LogP contribution < -0.4 is 10.1 Å². The van der Waals surface area contributed by atoms with Crippen molar-refractivity contribution in [3.05, 3.63) is 57.6 Å². The standard InChI is InChI=1S/C16H16BrNO2/c1-10-4-6-14(13(17)8-10)18-16(19)12-5-7-15(20-3)11(2)9-12/h4-9H,1-3H3,(H,18,19). The summed E-state index contributed by atoms with van der Waals surface area (Å²) in [6, 6.07) is 11.2. The zero-order valence-electron chi connectivity index (χ0n) is 11.7. The van der Waals surface area contributed by atoms with Crippen LogP contribution in [0.5, 0.6) is 5.75 Å². The minimum atomic E-state index is -0.139. The van der Waals surface area contributed by atoms with Crippen LogP contribution in [0, 0.1) is 13.8 Å². The Morgan fingerprint density at radius 1 is 1.15 bits per heavy atom. The van der Waals surface area contributed by atoms with Gasteiger partial charge in [0.25, 0.3) is 5.91 Å². The Morgan fingerprint density at radius 2 is 1.90 bits per heavy atom. The Hall–Kier alpha value is -1.81. The summed E-state index contributed by atoms with van der Waals surface area (Å²) in [5.41, 5.74) is 3.43. The SMILES string of the molecule is COc1ccc(C(=O)Nc2ccc(C)cc2Br)cc1C. The number of nitrogens with one attached hydrogen (secondary N) is 1. The van der Waals surface area contributed by atoms with E-state index in [9.17, 15) is 4.79 Å². The third kappa shape index (κ3) is 3.20. The highest BCUT2D eigenvalue weighted by Gasteiger charge is 2.10. The first-order valence-electron chi connectivity index (χ1n) is 6.23. The summed E-state index contributed by atoms with van der Waals surface area (Å²) < 4.78 is 6.06. The topological polar surface area (TPSA) is 38.3 Å². The molecule has 0 unspecified atom stereocenters. The van der Waals surface area contributed by atoms with E-state index in [1.54, 1.807) is 19.2 Å². The number of carbonyl (C=O) groups is 1. The second-order valence-electron chi connectivity index (χ2n) is 4.62. The number of methoxy groups -OCH3 is 1. The van der Waals surface area contributed by atoms with Gasteiger partial charge >= 0.3 is 0 Å². The normalized spacial score (nSPS) is 10.2. The summed E-state index contributed by atoms with van der Waals surface area (Å²) >= 11 is 3.45. The summed E-state index contributed by atoms with van der Waals surface area (Å²) in [5.74, 6) is 0.637. The Kier molecular flexibility index (Phi) is 4.45. The largest absolute Gasteiger partial charge is 0.496 e. The molecular formula is C16H16BrNO2. The third-order valence-corrected chi connectivity index (χ3v) is 3.69. The van der Waals surface area contributed by atoms with Crippen molar-refractivity contribution in [3.63, 3.8) is 0 Å². The molecule has 4 heteroatoms. The number of aryl methyl sites for hydroxylation is 2.